The van der Waals surface area contributed by atoms with Crippen LogP contribution in [0.2, 0.25) is 0 Å². The average molecular weight is 301 g/mol. The summed E-state index contributed by atoms with van der Waals surface area (Å²) >= 11 is 0. The quantitative estimate of drug-likeness (QED) is 0.728. The maximum atomic E-state index is 2.47. The zero-order chi connectivity index (χ0) is 13.8. The third-order valence-corrected chi connectivity index (χ3v) is 3.99. The van der Waals surface area contributed by atoms with Crippen molar-refractivity contribution in [3.8, 4) is 0 Å². The normalized spacial score (nSPS) is 14.2. The fraction of sp³-hybridized carbons (Fsp3) is 0.278. The second-order valence-corrected chi connectivity index (χ2v) is 5.36. The van der Waals surface area contributed by atoms with Gasteiger partial charge < -0.3 is 12.4 Å². The van der Waals surface area contributed by atoms with Crippen LogP contribution in [0, 0.1) is 0 Å². The van der Waals surface area contributed by atoms with E-state index in [4.69, 9.17) is 0 Å². The molecule has 1 aliphatic rings. The van der Waals surface area contributed by atoms with Crippen LogP contribution in [0.4, 0.5) is 0 Å². The molecule has 0 radical (unpaired) electrons. The molecule has 0 unspecified atom stereocenters. The Balaban J connectivity index is 0.00000161. The van der Waals surface area contributed by atoms with Gasteiger partial charge in [-0.3, -0.25) is 9.48 Å². The number of amidine groups is 1. The van der Waals surface area contributed by atoms with Gasteiger partial charge in [-0.2, -0.15) is 0 Å². The Morgan fingerprint density at radius 3 is 2.10 bits per heavy atom. The molecule has 110 valence electrons. The van der Waals surface area contributed by atoms with Crippen molar-refractivity contribution in [3.05, 3.63) is 71.8 Å². The molecule has 0 atom stereocenters. The van der Waals surface area contributed by atoms with E-state index in [1.165, 1.54) is 17.0 Å². The van der Waals surface area contributed by atoms with Crippen molar-refractivity contribution in [2.75, 3.05) is 13.1 Å². The van der Waals surface area contributed by atoms with E-state index in [9.17, 15) is 0 Å². The summed E-state index contributed by atoms with van der Waals surface area (Å²) in [5.74, 6) is 1.39. The van der Waals surface area contributed by atoms with Crippen LogP contribution in [0.25, 0.3) is 0 Å². The predicted molar refractivity (Wildman–Crippen MR) is 82.8 cm³/mol. The lowest BCUT2D eigenvalue weighted by Crippen LogP contribution is -3.00. The van der Waals surface area contributed by atoms with Crippen LogP contribution in [0.1, 0.15) is 18.1 Å². The Labute approximate surface area is 133 Å². The molecule has 0 saturated carbocycles. The first-order valence-corrected chi connectivity index (χ1v) is 7.24. The molecule has 0 saturated heterocycles. The minimum absolute atomic E-state index is 0. The van der Waals surface area contributed by atoms with Crippen molar-refractivity contribution < 1.29 is 17.0 Å². The molecule has 2 nitrogen and oxygen atoms in total. The smallest absolute Gasteiger partial charge is 0.244 e. The molecule has 0 amide bonds. The van der Waals surface area contributed by atoms with Gasteiger partial charge in [-0.1, -0.05) is 60.7 Å². The van der Waals surface area contributed by atoms with Crippen molar-refractivity contribution in [3.63, 3.8) is 0 Å². The van der Waals surface area contributed by atoms with Crippen LogP contribution < -0.4 is 12.4 Å². The highest BCUT2D eigenvalue weighted by atomic mass is 35.5. The highest BCUT2D eigenvalue weighted by Gasteiger charge is 2.26. The van der Waals surface area contributed by atoms with Gasteiger partial charge in [0, 0.05) is 6.92 Å². The largest absolute Gasteiger partial charge is 1.00 e. The van der Waals surface area contributed by atoms with Gasteiger partial charge in [-0.15, -0.1) is 0 Å². The third kappa shape index (κ3) is 3.85. The molecule has 0 bridgehead atoms. The van der Waals surface area contributed by atoms with Crippen LogP contribution in [-0.2, 0) is 13.1 Å². The standard InChI is InChI=1S/C18H21N2.ClH/c1-16-19(14-17-8-4-2-5-9-17)12-13-20(16)15-18-10-6-3-7-11-18;/h2-11H,12-15H2,1H3;1H/q+1;/p-1. The minimum Gasteiger partial charge on any atom is -1.00 e. The molecular formula is C18H21ClN2. The van der Waals surface area contributed by atoms with Crippen LogP contribution in [0.3, 0.4) is 0 Å². The van der Waals surface area contributed by atoms with Gasteiger partial charge in [0.15, 0.2) is 0 Å². The number of nitrogens with zero attached hydrogens (tertiary/aromatic N) is 2. The van der Waals surface area contributed by atoms with Crippen LogP contribution in [-0.4, -0.2) is 28.4 Å². The van der Waals surface area contributed by atoms with Crippen molar-refractivity contribution in [1.82, 2.24) is 4.90 Å². The van der Waals surface area contributed by atoms with E-state index in [1.54, 1.807) is 0 Å². The Morgan fingerprint density at radius 2 is 1.48 bits per heavy atom. The molecule has 3 heteroatoms. The summed E-state index contributed by atoms with van der Waals surface area (Å²) < 4.78 is 2.47. The van der Waals surface area contributed by atoms with E-state index in [0.717, 1.165) is 26.2 Å². The first kappa shape index (κ1) is 15.6. The summed E-state index contributed by atoms with van der Waals surface area (Å²) in [4.78, 5) is 2.47. The maximum absolute atomic E-state index is 2.47. The summed E-state index contributed by atoms with van der Waals surface area (Å²) in [5, 5.41) is 0. The number of halogens is 1. The van der Waals surface area contributed by atoms with Crippen LogP contribution >= 0.6 is 0 Å². The molecule has 0 aliphatic carbocycles. The van der Waals surface area contributed by atoms with Gasteiger partial charge in [-0.05, 0) is 11.1 Å². The fourth-order valence-corrected chi connectivity index (χ4v) is 2.76. The Kier molecular flexibility index (Phi) is 5.40. The van der Waals surface area contributed by atoms with Crippen molar-refractivity contribution in [2.45, 2.75) is 20.0 Å². The van der Waals surface area contributed by atoms with E-state index >= 15 is 0 Å². The molecule has 3 rings (SSSR count). The molecule has 1 aliphatic heterocycles. The lowest BCUT2D eigenvalue weighted by atomic mass is 10.2. The average Bonchev–Trinajstić information content (AvgIpc) is 2.83. The maximum Gasteiger partial charge on any atom is 0.244 e. The lowest BCUT2D eigenvalue weighted by molar-refractivity contribution is -0.534. The SMILES string of the molecule is CC1=[N+](Cc2ccccc2)CCN1Cc1ccccc1.[Cl-]. The number of benzene rings is 2. The summed E-state index contributed by atoms with van der Waals surface area (Å²) in [6, 6.07) is 21.4. The molecule has 0 N–H and O–H groups in total. The molecular weight excluding hydrogens is 280 g/mol. The molecule has 2 aromatic rings. The molecule has 0 fully saturated rings. The fourth-order valence-electron chi connectivity index (χ4n) is 2.76. The van der Waals surface area contributed by atoms with Crippen LogP contribution in [0.15, 0.2) is 60.7 Å². The molecule has 0 spiro atoms. The zero-order valence-corrected chi connectivity index (χ0v) is 13.1. The summed E-state index contributed by atoms with van der Waals surface area (Å²) in [5.41, 5.74) is 2.77. The van der Waals surface area contributed by atoms with Gasteiger partial charge in [0.2, 0.25) is 5.84 Å². The van der Waals surface area contributed by atoms with Crippen molar-refractivity contribution in [1.29, 1.82) is 0 Å². The van der Waals surface area contributed by atoms with E-state index in [2.05, 4.69) is 77.1 Å². The van der Waals surface area contributed by atoms with Gasteiger partial charge in [0.25, 0.3) is 0 Å². The van der Waals surface area contributed by atoms with E-state index < -0.39 is 0 Å². The highest BCUT2D eigenvalue weighted by Crippen LogP contribution is 2.11. The summed E-state index contributed by atoms with van der Waals surface area (Å²) in [7, 11) is 0. The van der Waals surface area contributed by atoms with E-state index in [1.807, 2.05) is 0 Å². The number of hydrogen-bond acceptors (Lipinski definition) is 1. The van der Waals surface area contributed by atoms with Gasteiger partial charge in [0.1, 0.15) is 26.2 Å². The summed E-state index contributed by atoms with van der Waals surface area (Å²) in [6.07, 6.45) is 0. The van der Waals surface area contributed by atoms with Gasteiger partial charge >= 0.3 is 0 Å². The molecule has 21 heavy (non-hydrogen) atoms. The van der Waals surface area contributed by atoms with E-state index in [-0.39, 0.29) is 12.4 Å². The van der Waals surface area contributed by atoms with Gasteiger partial charge in [0.05, 0.1) is 0 Å². The monoisotopic (exact) mass is 300 g/mol. The third-order valence-electron chi connectivity index (χ3n) is 3.99. The number of hydrogen-bond donors (Lipinski definition) is 0. The first-order chi connectivity index (χ1) is 9.83. The Hall–Kier alpha value is -1.80. The first-order valence-electron chi connectivity index (χ1n) is 7.24. The topological polar surface area (TPSA) is 6.25 Å². The molecule has 0 aromatic heterocycles. The molecule has 2 aromatic carbocycles. The molecule has 1 heterocycles. The van der Waals surface area contributed by atoms with E-state index in [0.29, 0.717) is 0 Å². The predicted octanol–water partition coefficient (Wildman–Crippen LogP) is 0.137. The highest BCUT2D eigenvalue weighted by molar-refractivity contribution is 5.75. The van der Waals surface area contributed by atoms with Crippen molar-refractivity contribution in [2.24, 2.45) is 0 Å². The Morgan fingerprint density at radius 1 is 0.905 bits per heavy atom. The number of rotatable bonds is 4. The lowest BCUT2D eigenvalue weighted by Gasteiger charge is -2.10. The second-order valence-electron chi connectivity index (χ2n) is 5.36. The van der Waals surface area contributed by atoms with Crippen molar-refractivity contribution >= 4 is 5.84 Å². The summed E-state index contributed by atoms with van der Waals surface area (Å²) in [6.45, 7) is 6.50. The zero-order valence-electron chi connectivity index (χ0n) is 12.4. The minimum atomic E-state index is 0. The second kappa shape index (κ2) is 7.28. The van der Waals surface area contributed by atoms with Crippen LogP contribution in [0.5, 0.6) is 0 Å². The van der Waals surface area contributed by atoms with Gasteiger partial charge in [-0.25, -0.2) is 0 Å². The Bertz CT molecular complexity index is 593.